The molecule has 0 saturated heterocycles. The smallest absolute Gasteiger partial charge is 0.304 e. The zero-order valence-corrected chi connectivity index (χ0v) is 22.7. The molecule has 172 valence electrons. The number of thiophene rings is 1. The van der Waals surface area contributed by atoms with Crippen molar-refractivity contribution in [3.63, 3.8) is 0 Å². The van der Waals surface area contributed by atoms with E-state index in [1.807, 2.05) is 0 Å². The minimum atomic E-state index is -4.13. The van der Waals surface area contributed by atoms with Gasteiger partial charge in [0.25, 0.3) is 0 Å². The molecular weight excluding hydrogens is 458 g/mol. The maximum absolute atomic E-state index is 11.0. The van der Waals surface area contributed by atoms with Crippen LogP contribution in [0.3, 0.4) is 0 Å². The standard InChI is InChI=1S/C12H29NOSi.C9H7ClO3S2/c1-8-9-13-10-11(2)14-15(6,7)12(3,4)5;1-5-7-4-6(10)2-3-8(7)14-9(5)15(11,12)13/h11,13H,8-10H2,1-7H3;2-4H,1H3,(H,11,12,13). The lowest BCUT2D eigenvalue weighted by Crippen LogP contribution is -2.45. The quantitative estimate of drug-likeness (QED) is 0.261. The Bertz CT molecular complexity index is 936. The Labute approximate surface area is 192 Å². The van der Waals surface area contributed by atoms with Crippen molar-refractivity contribution in [2.24, 2.45) is 0 Å². The maximum atomic E-state index is 11.0. The van der Waals surface area contributed by atoms with Crippen LogP contribution in [0.15, 0.2) is 22.4 Å². The molecule has 2 rings (SSSR count). The van der Waals surface area contributed by atoms with Crippen molar-refractivity contribution in [2.75, 3.05) is 13.1 Å². The third-order valence-corrected chi connectivity index (χ3v) is 12.8. The molecular formula is C21H36ClNO4S2Si. The van der Waals surface area contributed by atoms with Gasteiger partial charge in [-0.05, 0) is 74.1 Å². The van der Waals surface area contributed by atoms with Gasteiger partial charge in [0, 0.05) is 16.3 Å². The predicted octanol–water partition coefficient (Wildman–Crippen LogP) is 6.51. The molecule has 1 aromatic heterocycles. The molecule has 1 aromatic carbocycles. The van der Waals surface area contributed by atoms with Crippen LogP contribution in [-0.2, 0) is 14.5 Å². The summed E-state index contributed by atoms with van der Waals surface area (Å²) in [5.74, 6) is 0. The summed E-state index contributed by atoms with van der Waals surface area (Å²) in [6.07, 6.45) is 1.52. The van der Waals surface area contributed by atoms with Crippen molar-refractivity contribution in [2.45, 2.75) is 76.4 Å². The van der Waals surface area contributed by atoms with Crippen LogP contribution in [0.5, 0.6) is 0 Å². The first-order valence-electron chi connectivity index (χ1n) is 10.1. The van der Waals surface area contributed by atoms with E-state index in [0.29, 0.717) is 21.7 Å². The van der Waals surface area contributed by atoms with Crippen molar-refractivity contribution in [1.82, 2.24) is 5.32 Å². The average Bonchev–Trinajstić information content (AvgIpc) is 2.91. The number of hydrogen-bond acceptors (Lipinski definition) is 5. The van der Waals surface area contributed by atoms with E-state index in [1.165, 1.54) is 6.42 Å². The number of aryl methyl sites for hydroxylation is 1. The van der Waals surface area contributed by atoms with Crippen LogP contribution in [-0.4, -0.2) is 40.5 Å². The van der Waals surface area contributed by atoms with Crippen molar-refractivity contribution in [3.05, 3.63) is 28.8 Å². The molecule has 0 bridgehead atoms. The summed E-state index contributed by atoms with van der Waals surface area (Å²) >= 11 is 6.85. The summed E-state index contributed by atoms with van der Waals surface area (Å²) in [5.41, 5.74) is 0.542. The van der Waals surface area contributed by atoms with Crippen molar-refractivity contribution >= 4 is 51.5 Å². The zero-order chi connectivity index (χ0) is 23.3. The van der Waals surface area contributed by atoms with Crippen molar-refractivity contribution in [3.8, 4) is 0 Å². The second-order valence-corrected chi connectivity index (χ2v) is 16.9. The predicted molar refractivity (Wildman–Crippen MR) is 132 cm³/mol. The topological polar surface area (TPSA) is 75.6 Å². The summed E-state index contributed by atoms with van der Waals surface area (Å²) in [6, 6.07) is 5.12. The fourth-order valence-corrected chi connectivity index (χ4v) is 6.34. The van der Waals surface area contributed by atoms with Gasteiger partial charge in [-0.3, -0.25) is 4.55 Å². The van der Waals surface area contributed by atoms with E-state index in [9.17, 15) is 8.42 Å². The number of halogens is 1. The lowest BCUT2D eigenvalue weighted by Gasteiger charge is -2.38. The van der Waals surface area contributed by atoms with Crippen LogP contribution >= 0.6 is 22.9 Å². The molecule has 2 aromatic rings. The van der Waals surface area contributed by atoms with Gasteiger partial charge in [0.05, 0.1) is 6.10 Å². The molecule has 1 atom stereocenters. The van der Waals surface area contributed by atoms with Gasteiger partial charge in [0.15, 0.2) is 12.5 Å². The van der Waals surface area contributed by atoms with E-state index < -0.39 is 18.4 Å². The van der Waals surface area contributed by atoms with Crippen LogP contribution < -0.4 is 5.32 Å². The van der Waals surface area contributed by atoms with Crippen LogP contribution in [0.25, 0.3) is 10.1 Å². The van der Waals surface area contributed by atoms with E-state index in [0.717, 1.165) is 34.5 Å². The highest BCUT2D eigenvalue weighted by molar-refractivity contribution is 7.88. The fourth-order valence-electron chi connectivity index (χ4n) is 2.62. The van der Waals surface area contributed by atoms with Crippen LogP contribution in [0.2, 0.25) is 23.2 Å². The first kappa shape index (κ1) is 27.6. The molecule has 0 saturated carbocycles. The number of fused-ring (bicyclic) bond motifs is 1. The number of benzene rings is 1. The Morgan fingerprint density at radius 1 is 1.30 bits per heavy atom. The normalized spacial score (nSPS) is 13.8. The van der Waals surface area contributed by atoms with E-state index in [4.69, 9.17) is 20.6 Å². The Morgan fingerprint density at radius 3 is 2.40 bits per heavy atom. The molecule has 2 N–H and O–H groups in total. The van der Waals surface area contributed by atoms with Gasteiger partial charge in [-0.15, -0.1) is 11.3 Å². The molecule has 9 heteroatoms. The van der Waals surface area contributed by atoms with Gasteiger partial charge in [-0.25, -0.2) is 0 Å². The zero-order valence-electron chi connectivity index (χ0n) is 19.3. The first-order valence-corrected chi connectivity index (χ1v) is 15.7. The highest BCUT2D eigenvalue weighted by Crippen LogP contribution is 2.37. The maximum Gasteiger partial charge on any atom is 0.304 e. The van der Waals surface area contributed by atoms with Gasteiger partial charge in [-0.1, -0.05) is 39.3 Å². The van der Waals surface area contributed by atoms with E-state index in [2.05, 4.69) is 53.0 Å². The van der Waals surface area contributed by atoms with Gasteiger partial charge in [0.2, 0.25) is 0 Å². The monoisotopic (exact) mass is 493 g/mol. The average molecular weight is 494 g/mol. The van der Waals surface area contributed by atoms with Crippen LogP contribution in [0, 0.1) is 6.92 Å². The minimum absolute atomic E-state index is 0.0141. The summed E-state index contributed by atoms with van der Waals surface area (Å²) < 4.78 is 38.1. The number of nitrogens with one attached hydrogen (secondary N) is 1. The molecule has 30 heavy (non-hydrogen) atoms. The van der Waals surface area contributed by atoms with Gasteiger partial charge < -0.3 is 9.74 Å². The SMILES string of the molecule is CCCNCC(C)O[Si](C)(C)C(C)(C)C.Cc1c(S(=O)(=O)O)sc2ccc(Cl)cc12. The summed E-state index contributed by atoms with van der Waals surface area (Å²) in [5, 5.41) is 5.03. The molecule has 1 unspecified atom stereocenters. The Hall–Kier alpha value is -0.483. The lowest BCUT2D eigenvalue weighted by atomic mass is 10.2. The second kappa shape index (κ2) is 10.9. The lowest BCUT2D eigenvalue weighted by molar-refractivity contribution is 0.195. The Morgan fingerprint density at radius 2 is 1.90 bits per heavy atom. The third-order valence-electron chi connectivity index (χ3n) is 5.25. The van der Waals surface area contributed by atoms with Crippen molar-refractivity contribution < 1.29 is 17.4 Å². The van der Waals surface area contributed by atoms with E-state index in [-0.39, 0.29) is 4.21 Å². The first-order chi connectivity index (χ1) is 13.6. The molecule has 1 heterocycles. The molecule has 0 aliphatic heterocycles. The molecule has 0 aliphatic rings. The highest BCUT2D eigenvalue weighted by atomic mass is 35.5. The molecule has 5 nitrogen and oxygen atoms in total. The van der Waals surface area contributed by atoms with Crippen molar-refractivity contribution in [1.29, 1.82) is 0 Å². The molecule has 0 aliphatic carbocycles. The van der Waals surface area contributed by atoms with Gasteiger partial charge in [0.1, 0.15) is 0 Å². The fraction of sp³-hybridized carbons (Fsp3) is 0.619. The molecule has 0 spiro atoms. The van der Waals surface area contributed by atoms with Crippen LogP contribution in [0.1, 0.15) is 46.6 Å². The third kappa shape index (κ3) is 7.89. The molecule has 0 radical (unpaired) electrons. The number of hydrogen-bond donors (Lipinski definition) is 2. The Balaban J connectivity index is 0.000000300. The molecule has 0 amide bonds. The van der Waals surface area contributed by atoms with Crippen LogP contribution in [0.4, 0.5) is 0 Å². The van der Waals surface area contributed by atoms with E-state index >= 15 is 0 Å². The molecule has 0 fully saturated rings. The summed E-state index contributed by atoms with van der Waals surface area (Å²) in [7, 11) is -5.70. The highest BCUT2D eigenvalue weighted by Gasteiger charge is 2.38. The van der Waals surface area contributed by atoms with E-state index in [1.54, 1.807) is 25.1 Å². The minimum Gasteiger partial charge on any atom is -0.413 e. The largest absolute Gasteiger partial charge is 0.413 e. The summed E-state index contributed by atoms with van der Waals surface area (Å²) in [6.45, 7) is 19.5. The summed E-state index contributed by atoms with van der Waals surface area (Å²) in [4.78, 5) is 0. The Kier molecular flexibility index (Phi) is 10.0. The van der Waals surface area contributed by atoms with Gasteiger partial charge >= 0.3 is 10.1 Å². The second-order valence-electron chi connectivity index (χ2n) is 9.02. The number of rotatable bonds is 7. The van der Waals surface area contributed by atoms with Gasteiger partial charge in [-0.2, -0.15) is 8.42 Å².